The first-order valence-corrected chi connectivity index (χ1v) is 16.4. The molecule has 0 aliphatic heterocycles. The van der Waals surface area contributed by atoms with Gasteiger partial charge in [-0.2, -0.15) is 0 Å². The van der Waals surface area contributed by atoms with Crippen molar-refractivity contribution >= 4 is 76.7 Å². The number of methoxy groups -OCH3 is 2. The Kier molecular flexibility index (Phi) is 8.80. The molecule has 0 saturated heterocycles. The molecule has 0 radical (unpaired) electrons. The number of rotatable bonds is 9. The Morgan fingerprint density at radius 1 is 0.667 bits per heavy atom. The summed E-state index contributed by atoms with van der Waals surface area (Å²) in [6.07, 6.45) is 2.57. The van der Waals surface area contributed by atoms with Crippen molar-refractivity contribution in [3.8, 4) is 23.0 Å². The van der Waals surface area contributed by atoms with Crippen molar-refractivity contribution in [1.29, 1.82) is 0 Å². The highest BCUT2D eigenvalue weighted by molar-refractivity contribution is 9.10. The molecule has 0 amide bonds. The van der Waals surface area contributed by atoms with Crippen LogP contribution in [0.15, 0.2) is 113 Å². The third-order valence-electron chi connectivity index (χ3n) is 7.24. The van der Waals surface area contributed by atoms with Gasteiger partial charge in [0.2, 0.25) is 0 Å². The first kappa shape index (κ1) is 28.1. The zero-order valence-electron chi connectivity index (χ0n) is 32.0. The van der Waals surface area contributed by atoms with Crippen molar-refractivity contribution < 1.29 is 36.3 Å². The van der Waals surface area contributed by atoms with Crippen LogP contribution in [0.4, 0.5) is 31.8 Å². The van der Waals surface area contributed by atoms with Crippen LogP contribution in [0.25, 0.3) is 21.8 Å². The van der Waals surface area contributed by atoms with Crippen molar-refractivity contribution in [2.75, 3.05) is 24.7 Å². The number of anilines is 4. The van der Waals surface area contributed by atoms with Crippen LogP contribution in [-0.4, -0.2) is 39.1 Å². The van der Waals surface area contributed by atoms with Gasteiger partial charge in [0.05, 0.1) is 44.7 Å². The highest BCUT2D eigenvalue weighted by Gasteiger charge is 2.14. The number of hydrogen-bond donors (Lipinski definition) is 3. The van der Waals surface area contributed by atoms with Crippen molar-refractivity contribution in [3.05, 3.63) is 130 Å². The summed E-state index contributed by atoms with van der Waals surface area (Å²) in [5.41, 5.74) is 2.10. The molecule has 0 saturated carbocycles. The molecule has 0 aliphatic rings. The minimum absolute atomic E-state index is 0.00237. The number of aromatic hydroxyl groups is 1. The molecule has 51 heavy (non-hydrogen) atoms. The van der Waals surface area contributed by atoms with Gasteiger partial charge in [0, 0.05) is 31.9 Å². The molecule has 0 bridgehead atoms. The second-order valence-corrected chi connectivity index (χ2v) is 12.4. The fourth-order valence-electron chi connectivity index (χ4n) is 4.78. The van der Waals surface area contributed by atoms with E-state index >= 15 is 0 Å². The molecular weight excluding hydrogens is 790 g/mol. The molecule has 3 N–H and O–H groups in total. The Balaban J connectivity index is 0.000000199. The van der Waals surface area contributed by atoms with E-state index in [2.05, 4.69) is 62.4 Å². The van der Waals surface area contributed by atoms with Gasteiger partial charge in [0.25, 0.3) is 0 Å². The van der Waals surface area contributed by atoms with E-state index in [0.717, 1.165) is 5.56 Å². The summed E-state index contributed by atoms with van der Waals surface area (Å²) in [6, 6.07) is 24.1. The van der Waals surface area contributed by atoms with Crippen LogP contribution < -0.4 is 24.8 Å². The summed E-state index contributed by atoms with van der Waals surface area (Å²) in [4.78, 5) is 16.5. The van der Waals surface area contributed by atoms with Crippen molar-refractivity contribution in [1.82, 2.24) is 19.9 Å². The minimum Gasteiger partial charge on any atom is -0.504 e. The number of nitrogens with one attached hydrogen (secondary N) is 2. The van der Waals surface area contributed by atoms with E-state index in [-0.39, 0.29) is 46.8 Å². The minimum atomic E-state index is -2.73. The lowest BCUT2D eigenvalue weighted by Gasteiger charge is -2.14. The summed E-state index contributed by atoms with van der Waals surface area (Å²) >= 11 is 6.40. The smallest absolute Gasteiger partial charge is 0.163 e. The first-order valence-electron chi connectivity index (χ1n) is 17.8. The Labute approximate surface area is 316 Å². The number of nitrogens with zero attached hydrogens (tertiary/aromatic N) is 4. The van der Waals surface area contributed by atoms with Crippen LogP contribution in [0.2, 0.25) is 0 Å². The largest absolute Gasteiger partial charge is 0.504 e. The van der Waals surface area contributed by atoms with Crippen LogP contribution in [0.1, 0.15) is 13.8 Å². The van der Waals surface area contributed by atoms with Crippen LogP contribution in [-0.2, 0) is 6.61 Å². The van der Waals surface area contributed by atoms with E-state index in [4.69, 9.17) is 22.4 Å². The quantitative estimate of drug-likeness (QED) is 0.130. The molecule has 10 nitrogen and oxygen atoms in total. The second kappa shape index (κ2) is 16.0. The molecule has 7 rings (SSSR count). The lowest BCUT2D eigenvalue weighted by Crippen LogP contribution is -2.01. The fourth-order valence-corrected chi connectivity index (χ4v) is 5.45. The van der Waals surface area contributed by atoms with E-state index in [1.807, 2.05) is 30.3 Å². The van der Waals surface area contributed by atoms with E-state index in [1.165, 1.54) is 49.1 Å². The van der Waals surface area contributed by atoms with E-state index in [9.17, 15) is 13.9 Å². The summed E-state index contributed by atoms with van der Waals surface area (Å²) in [5, 5.41) is 16.5. The Morgan fingerprint density at radius 2 is 1.22 bits per heavy atom. The zero-order valence-corrected chi connectivity index (χ0v) is 29.2. The SMILES string of the molecule is [2H]C([2H])([2H])Oc1cc2c(Nc3ccc(Br)cc3F)ncnc2cc1O.[2H]C([2H])([2H])Oc1cc2c(Nc3ccc(Br)cc3F)ncnc2cc1OCc1ccccc1. The number of phenolic OH excluding ortho intramolecular Hbond substituents is 1. The normalized spacial score (nSPS) is 12.9. The van der Waals surface area contributed by atoms with Gasteiger partial charge in [-0.25, -0.2) is 28.7 Å². The molecule has 2 aromatic heterocycles. The summed E-state index contributed by atoms with van der Waals surface area (Å²) in [5.74, 6) is -0.848. The third-order valence-corrected chi connectivity index (χ3v) is 8.23. The molecule has 0 spiro atoms. The lowest BCUT2D eigenvalue weighted by atomic mass is 10.2. The van der Waals surface area contributed by atoms with Gasteiger partial charge in [0.1, 0.15) is 42.5 Å². The van der Waals surface area contributed by atoms with Crippen molar-refractivity contribution in [2.45, 2.75) is 6.61 Å². The third kappa shape index (κ3) is 8.41. The van der Waals surface area contributed by atoms with Crippen LogP contribution >= 0.6 is 31.9 Å². The number of benzene rings is 5. The van der Waals surface area contributed by atoms with Gasteiger partial charge >= 0.3 is 0 Å². The molecule has 5 aromatic carbocycles. The monoisotopic (exact) mass is 822 g/mol. The lowest BCUT2D eigenvalue weighted by molar-refractivity contribution is 0.285. The molecule has 0 unspecified atom stereocenters. The Bertz CT molecular complexity index is 2560. The maximum atomic E-state index is 14.3. The maximum Gasteiger partial charge on any atom is 0.163 e. The summed E-state index contributed by atoms with van der Waals surface area (Å²) < 4.78 is 89.3. The second-order valence-electron chi connectivity index (χ2n) is 10.6. The van der Waals surface area contributed by atoms with E-state index < -0.39 is 25.7 Å². The highest BCUT2D eigenvalue weighted by atomic mass is 79.9. The van der Waals surface area contributed by atoms with Gasteiger partial charge in [-0.15, -0.1) is 0 Å². The number of aromatic nitrogens is 4. The van der Waals surface area contributed by atoms with E-state index in [0.29, 0.717) is 36.6 Å². The molecule has 258 valence electrons. The average Bonchev–Trinajstić information content (AvgIpc) is 3.13. The molecule has 0 fully saturated rings. The number of halogens is 4. The highest BCUT2D eigenvalue weighted by Crippen LogP contribution is 2.36. The first-order chi connectivity index (χ1) is 27.0. The number of phenols is 1. The standard InChI is InChI=1S/C22H17BrFN3O2.C15H11BrFN3O2/c1-28-20-10-16-19(11-21(20)29-12-14-5-3-2-4-6-14)25-13-26-22(16)27-18-8-7-15(23)9-17(18)24;1-22-14-5-9-12(6-13(14)21)18-7-19-15(9)20-11-3-2-8(16)4-10(11)17/h2-11,13H,12H2,1H3,(H,25,26,27);2-7,21H,1H3,(H,18,19,20)/i2*1D3. The van der Waals surface area contributed by atoms with Crippen molar-refractivity contribution in [3.63, 3.8) is 0 Å². The zero-order chi connectivity index (χ0) is 40.9. The predicted octanol–water partition coefficient (Wildman–Crippen LogP) is 9.85. The van der Waals surface area contributed by atoms with Gasteiger partial charge in [-0.05, 0) is 54.1 Å². The predicted molar refractivity (Wildman–Crippen MR) is 199 cm³/mol. The molecule has 7 aromatic rings. The number of fused-ring (bicyclic) bond motifs is 2. The summed E-state index contributed by atoms with van der Waals surface area (Å²) in [6.45, 7) is 0.212. The van der Waals surface area contributed by atoms with Gasteiger partial charge in [-0.3, -0.25) is 0 Å². The number of ether oxygens (including phenoxy) is 3. The fraction of sp³-hybridized carbons (Fsp3) is 0.0811. The number of hydrogen-bond acceptors (Lipinski definition) is 10. The van der Waals surface area contributed by atoms with Crippen LogP contribution in [0, 0.1) is 11.6 Å². The van der Waals surface area contributed by atoms with Crippen LogP contribution in [0.3, 0.4) is 0 Å². The van der Waals surface area contributed by atoms with Crippen molar-refractivity contribution in [2.24, 2.45) is 0 Å². The average molecular weight is 825 g/mol. The van der Waals surface area contributed by atoms with Gasteiger partial charge in [-0.1, -0.05) is 62.2 Å². The molecule has 0 aliphatic carbocycles. The topological polar surface area (TPSA) is 124 Å². The molecule has 2 heterocycles. The van der Waals surface area contributed by atoms with Gasteiger partial charge in [0.15, 0.2) is 23.0 Å². The van der Waals surface area contributed by atoms with E-state index in [1.54, 1.807) is 24.3 Å². The summed E-state index contributed by atoms with van der Waals surface area (Å²) in [7, 11) is -5.42. The maximum absolute atomic E-state index is 14.3. The Morgan fingerprint density at radius 3 is 1.78 bits per heavy atom. The molecule has 14 heteroatoms. The Hall–Kier alpha value is -5.60. The van der Waals surface area contributed by atoms with Crippen LogP contribution in [0.5, 0.6) is 23.0 Å². The molecular formula is C37H28Br2F2N6O4. The molecule has 0 atom stereocenters. The van der Waals surface area contributed by atoms with Gasteiger partial charge < -0.3 is 30.0 Å².